The number of morpholine rings is 1. The highest BCUT2D eigenvalue weighted by molar-refractivity contribution is 5.65. The van der Waals surface area contributed by atoms with E-state index in [9.17, 15) is 0 Å². The van der Waals surface area contributed by atoms with Crippen LogP contribution in [0.2, 0.25) is 0 Å². The van der Waals surface area contributed by atoms with Gasteiger partial charge in [0.05, 0.1) is 24.6 Å². The van der Waals surface area contributed by atoms with E-state index in [1.165, 1.54) is 5.56 Å². The van der Waals surface area contributed by atoms with Gasteiger partial charge in [-0.15, -0.1) is 0 Å². The summed E-state index contributed by atoms with van der Waals surface area (Å²) in [5, 5.41) is 16.6. The molecule has 0 saturated carbocycles. The summed E-state index contributed by atoms with van der Waals surface area (Å²) in [6.45, 7) is 5.05. The van der Waals surface area contributed by atoms with Gasteiger partial charge in [-0.25, -0.2) is 9.67 Å². The van der Waals surface area contributed by atoms with Gasteiger partial charge in [0.1, 0.15) is 11.5 Å². The predicted molar refractivity (Wildman–Crippen MR) is 121 cm³/mol. The van der Waals surface area contributed by atoms with Crippen LogP contribution in [-0.2, 0) is 4.74 Å². The molecule has 0 unspecified atom stereocenters. The van der Waals surface area contributed by atoms with Crippen molar-refractivity contribution in [2.75, 3.05) is 31.2 Å². The van der Waals surface area contributed by atoms with Crippen LogP contribution in [0.15, 0.2) is 60.9 Å². The number of fused-ring (bicyclic) bond motifs is 1. The first-order valence-electron chi connectivity index (χ1n) is 10.6. The molecule has 0 radical (unpaired) electrons. The van der Waals surface area contributed by atoms with Crippen molar-refractivity contribution in [3.63, 3.8) is 0 Å². The average molecular weight is 426 g/mol. The molecule has 0 spiro atoms. The fourth-order valence-corrected chi connectivity index (χ4v) is 4.02. The third-order valence-corrected chi connectivity index (χ3v) is 5.64. The second-order valence-corrected chi connectivity index (χ2v) is 7.86. The van der Waals surface area contributed by atoms with E-state index in [-0.39, 0.29) is 0 Å². The second-order valence-electron chi connectivity index (χ2n) is 7.86. The van der Waals surface area contributed by atoms with Gasteiger partial charge in [0, 0.05) is 43.2 Å². The molecule has 32 heavy (non-hydrogen) atoms. The highest BCUT2D eigenvalue weighted by Crippen LogP contribution is 2.25. The smallest absolute Gasteiger partial charge is 0.160 e. The molecular weight excluding hydrogens is 404 g/mol. The minimum atomic E-state index is 0.688. The Morgan fingerprint density at radius 3 is 2.69 bits per heavy atom. The van der Waals surface area contributed by atoms with Gasteiger partial charge in [0.2, 0.25) is 0 Å². The lowest BCUT2D eigenvalue weighted by atomic mass is 10.1. The van der Waals surface area contributed by atoms with Crippen molar-refractivity contribution in [1.82, 2.24) is 34.6 Å². The SMILES string of the molecule is Cc1cccc(-c2ccn(-c3cc(N4CCOCC4)n4nc(-c5ccn[nH]5)cc4n3)n2)c1. The summed E-state index contributed by atoms with van der Waals surface area (Å²) in [6, 6.07) is 16.3. The van der Waals surface area contributed by atoms with Gasteiger partial charge in [-0.1, -0.05) is 23.8 Å². The minimum Gasteiger partial charge on any atom is -0.378 e. The third-order valence-electron chi connectivity index (χ3n) is 5.64. The Bertz CT molecular complexity index is 1380. The highest BCUT2D eigenvalue weighted by atomic mass is 16.5. The lowest BCUT2D eigenvalue weighted by Gasteiger charge is -2.29. The number of ether oxygens (including phenoxy) is 1. The number of hydrogen-bond donors (Lipinski definition) is 1. The highest BCUT2D eigenvalue weighted by Gasteiger charge is 2.19. The first kappa shape index (κ1) is 18.8. The monoisotopic (exact) mass is 426 g/mol. The van der Waals surface area contributed by atoms with Crippen molar-refractivity contribution in [2.24, 2.45) is 0 Å². The van der Waals surface area contributed by atoms with Gasteiger partial charge >= 0.3 is 0 Å². The Morgan fingerprint density at radius 2 is 1.88 bits per heavy atom. The normalized spacial score (nSPS) is 14.3. The fourth-order valence-electron chi connectivity index (χ4n) is 4.02. The van der Waals surface area contributed by atoms with Crippen LogP contribution in [0.3, 0.4) is 0 Å². The third kappa shape index (κ3) is 3.32. The van der Waals surface area contributed by atoms with E-state index in [1.54, 1.807) is 6.20 Å². The summed E-state index contributed by atoms with van der Waals surface area (Å²) in [6.07, 6.45) is 3.67. The summed E-state index contributed by atoms with van der Waals surface area (Å²) in [4.78, 5) is 7.14. The fraction of sp³-hybridized carbons (Fsp3) is 0.217. The van der Waals surface area contributed by atoms with Crippen molar-refractivity contribution < 1.29 is 4.74 Å². The number of aromatic amines is 1. The van der Waals surface area contributed by atoms with Crippen molar-refractivity contribution in [1.29, 1.82) is 0 Å². The molecule has 9 heteroatoms. The molecule has 1 aliphatic heterocycles. The molecule has 0 amide bonds. The zero-order valence-corrected chi connectivity index (χ0v) is 17.6. The van der Waals surface area contributed by atoms with Crippen LogP contribution in [0.25, 0.3) is 34.1 Å². The van der Waals surface area contributed by atoms with E-state index in [2.05, 4.69) is 40.2 Å². The first-order valence-corrected chi connectivity index (χ1v) is 10.6. The quantitative estimate of drug-likeness (QED) is 0.475. The maximum absolute atomic E-state index is 5.56. The number of nitrogens with zero attached hydrogens (tertiary/aromatic N) is 7. The Hall–Kier alpha value is -3.98. The molecule has 1 saturated heterocycles. The summed E-state index contributed by atoms with van der Waals surface area (Å²) in [5.41, 5.74) is 5.60. The molecule has 5 heterocycles. The number of H-pyrrole nitrogens is 1. The van der Waals surface area contributed by atoms with Crippen LogP contribution < -0.4 is 4.90 Å². The van der Waals surface area contributed by atoms with E-state index in [0.717, 1.165) is 53.0 Å². The molecule has 160 valence electrons. The largest absolute Gasteiger partial charge is 0.378 e. The van der Waals surface area contributed by atoms with Crippen molar-refractivity contribution in [3.05, 3.63) is 66.5 Å². The number of aromatic nitrogens is 7. The molecule has 0 atom stereocenters. The Morgan fingerprint density at radius 1 is 0.969 bits per heavy atom. The number of rotatable bonds is 4. The van der Waals surface area contributed by atoms with Crippen LogP contribution in [0.1, 0.15) is 5.56 Å². The van der Waals surface area contributed by atoms with Crippen molar-refractivity contribution in [3.8, 4) is 28.5 Å². The van der Waals surface area contributed by atoms with E-state index in [1.807, 2.05) is 45.7 Å². The molecule has 1 aliphatic rings. The lowest BCUT2D eigenvalue weighted by Crippen LogP contribution is -2.37. The zero-order valence-electron chi connectivity index (χ0n) is 17.6. The summed E-state index contributed by atoms with van der Waals surface area (Å²) in [7, 11) is 0. The number of benzene rings is 1. The molecule has 9 nitrogen and oxygen atoms in total. The van der Waals surface area contributed by atoms with E-state index in [4.69, 9.17) is 19.9 Å². The molecular formula is C23H22N8O. The zero-order chi connectivity index (χ0) is 21.5. The summed E-state index contributed by atoms with van der Waals surface area (Å²) >= 11 is 0. The molecule has 1 aromatic carbocycles. The molecule has 6 rings (SSSR count). The molecule has 4 aromatic heterocycles. The maximum atomic E-state index is 5.56. The first-order chi connectivity index (χ1) is 15.7. The number of anilines is 1. The number of aryl methyl sites for hydroxylation is 1. The van der Waals surface area contributed by atoms with Crippen LogP contribution >= 0.6 is 0 Å². The molecule has 0 aliphatic carbocycles. The summed E-state index contributed by atoms with van der Waals surface area (Å²) in [5.74, 6) is 1.71. The van der Waals surface area contributed by atoms with E-state index >= 15 is 0 Å². The Kier molecular flexibility index (Phi) is 4.46. The molecule has 1 fully saturated rings. The second kappa shape index (κ2) is 7.61. The minimum absolute atomic E-state index is 0.688. The van der Waals surface area contributed by atoms with Crippen LogP contribution in [-0.4, -0.2) is 60.9 Å². The summed E-state index contributed by atoms with van der Waals surface area (Å²) < 4.78 is 9.27. The average Bonchev–Trinajstić information content (AvgIpc) is 3.59. The van der Waals surface area contributed by atoms with Gasteiger partial charge < -0.3 is 9.64 Å². The molecule has 0 bridgehead atoms. The van der Waals surface area contributed by atoms with Gasteiger partial charge in [0.15, 0.2) is 11.5 Å². The van der Waals surface area contributed by atoms with Crippen molar-refractivity contribution >= 4 is 11.5 Å². The van der Waals surface area contributed by atoms with Gasteiger partial charge in [-0.3, -0.25) is 5.10 Å². The lowest BCUT2D eigenvalue weighted by molar-refractivity contribution is 0.122. The molecule has 5 aromatic rings. The number of hydrogen-bond acceptors (Lipinski definition) is 6. The maximum Gasteiger partial charge on any atom is 0.160 e. The van der Waals surface area contributed by atoms with Gasteiger partial charge in [0.25, 0.3) is 0 Å². The predicted octanol–water partition coefficient (Wildman–Crippen LogP) is 3.12. The van der Waals surface area contributed by atoms with Crippen LogP contribution in [0.4, 0.5) is 5.82 Å². The van der Waals surface area contributed by atoms with Gasteiger partial charge in [-0.05, 0) is 25.1 Å². The van der Waals surface area contributed by atoms with Crippen LogP contribution in [0, 0.1) is 6.92 Å². The Balaban J connectivity index is 1.47. The van der Waals surface area contributed by atoms with Gasteiger partial charge in [-0.2, -0.15) is 19.8 Å². The number of nitrogens with one attached hydrogen (secondary N) is 1. The standard InChI is InChI=1S/C23H22N8O/c1-16-3-2-4-17(13-16)18-6-8-30(27-18)21-15-23(29-9-11-32-12-10-29)31-22(25-21)14-20(28-31)19-5-7-24-26-19/h2-8,13-15H,9-12H2,1H3,(H,24,26). The van der Waals surface area contributed by atoms with E-state index in [0.29, 0.717) is 13.2 Å². The topological polar surface area (TPSA) is 89.2 Å². The van der Waals surface area contributed by atoms with Crippen molar-refractivity contribution in [2.45, 2.75) is 6.92 Å². The van der Waals surface area contributed by atoms with Crippen LogP contribution in [0.5, 0.6) is 0 Å². The molecule has 1 N–H and O–H groups in total. The van der Waals surface area contributed by atoms with E-state index < -0.39 is 0 Å². The Labute approximate surface area is 184 Å².